The van der Waals surface area contributed by atoms with Gasteiger partial charge < -0.3 is 10.2 Å². The van der Waals surface area contributed by atoms with E-state index in [1.54, 1.807) is 0 Å². The maximum absolute atomic E-state index is 3.61. The van der Waals surface area contributed by atoms with Crippen LogP contribution in [0, 0.1) is 0 Å². The maximum atomic E-state index is 3.61. The lowest BCUT2D eigenvalue weighted by Gasteiger charge is -2.25. The van der Waals surface area contributed by atoms with Gasteiger partial charge in [0.05, 0.1) is 0 Å². The highest BCUT2D eigenvalue weighted by Gasteiger charge is 2.09. The van der Waals surface area contributed by atoms with E-state index in [0.29, 0.717) is 12.1 Å². The van der Waals surface area contributed by atoms with Crippen LogP contribution in [-0.2, 0) is 0 Å². The Labute approximate surface area is 90.1 Å². The summed E-state index contributed by atoms with van der Waals surface area (Å²) >= 11 is 0. The molecule has 2 heteroatoms. The normalized spacial score (nSPS) is 15.9. The lowest BCUT2D eigenvalue weighted by Crippen LogP contribution is -2.40. The summed E-state index contributed by atoms with van der Waals surface area (Å²) in [6.07, 6.45) is 5.17. The molecule has 0 saturated heterocycles. The molecule has 14 heavy (non-hydrogen) atoms. The molecule has 0 bridgehead atoms. The molecular weight excluding hydrogens is 172 g/mol. The Hall–Kier alpha value is -0.0800. The van der Waals surface area contributed by atoms with Crippen molar-refractivity contribution in [1.29, 1.82) is 0 Å². The molecule has 0 spiro atoms. The zero-order valence-electron chi connectivity index (χ0n) is 10.6. The third kappa shape index (κ3) is 6.39. The predicted molar refractivity (Wildman–Crippen MR) is 64.8 cm³/mol. The van der Waals surface area contributed by atoms with Crippen LogP contribution in [0.1, 0.15) is 46.5 Å². The van der Waals surface area contributed by atoms with Crippen LogP contribution in [0.2, 0.25) is 0 Å². The van der Waals surface area contributed by atoms with Crippen LogP contribution in [-0.4, -0.2) is 37.6 Å². The van der Waals surface area contributed by atoms with Crippen molar-refractivity contribution in [2.24, 2.45) is 0 Å². The van der Waals surface area contributed by atoms with E-state index in [-0.39, 0.29) is 0 Å². The Balaban J connectivity index is 3.57. The molecule has 1 N–H and O–H groups in total. The van der Waals surface area contributed by atoms with Gasteiger partial charge in [-0.2, -0.15) is 0 Å². The average molecular weight is 200 g/mol. The van der Waals surface area contributed by atoms with Crippen molar-refractivity contribution in [2.75, 3.05) is 20.6 Å². The van der Waals surface area contributed by atoms with E-state index >= 15 is 0 Å². The standard InChI is InChI=1S/C12H28N2/c1-6-8-9-11(3)13-10-12(7-2)14(4)5/h11-13H,6-10H2,1-5H3. The van der Waals surface area contributed by atoms with Gasteiger partial charge in [0.1, 0.15) is 0 Å². The summed E-state index contributed by atoms with van der Waals surface area (Å²) in [5, 5.41) is 3.61. The summed E-state index contributed by atoms with van der Waals surface area (Å²) in [5.41, 5.74) is 0. The first-order valence-electron chi connectivity index (χ1n) is 6.01. The van der Waals surface area contributed by atoms with Crippen LogP contribution in [0.15, 0.2) is 0 Å². The van der Waals surface area contributed by atoms with E-state index in [0.717, 1.165) is 6.54 Å². The molecule has 0 aromatic carbocycles. The van der Waals surface area contributed by atoms with Crippen LogP contribution in [0.5, 0.6) is 0 Å². The van der Waals surface area contributed by atoms with E-state index < -0.39 is 0 Å². The molecule has 0 radical (unpaired) electrons. The van der Waals surface area contributed by atoms with Gasteiger partial charge in [-0.15, -0.1) is 0 Å². The number of nitrogens with zero attached hydrogens (tertiary/aromatic N) is 1. The largest absolute Gasteiger partial charge is 0.313 e. The van der Waals surface area contributed by atoms with Crippen molar-refractivity contribution in [3.63, 3.8) is 0 Å². The molecule has 0 aliphatic carbocycles. The summed E-state index contributed by atoms with van der Waals surface area (Å²) in [7, 11) is 4.32. The van der Waals surface area contributed by atoms with E-state index in [2.05, 4.69) is 45.1 Å². The van der Waals surface area contributed by atoms with Gasteiger partial charge in [-0.05, 0) is 33.9 Å². The third-order valence-electron chi connectivity index (χ3n) is 2.89. The Kier molecular flexibility index (Phi) is 8.20. The number of likely N-dealkylation sites (N-methyl/N-ethyl adjacent to an activating group) is 1. The van der Waals surface area contributed by atoms with Crippen LogP contribution < -0.4 is 5.32 Å². The smallest absolute Gasteiger partial charge is 0.0212 e. The number of hydrogen-bond donors (Lipinski definition) is 1. The minimum Gasteiger partial charge on any atom is -0.313 e. The fraction of sp³-hybridized carbons (Fsp3) is 1.00. The molecule has 86 valence electrons. The van der Waals surface area contributed by atoms with Crippen LogP contribution in [0.25, 0.3) is 0 Å². The lowest BCUT2D eigenvalue weighted by atomic mass is 10.1. The molecule has 2 nitrogen and oxygen atoms in total. The Morgan fingerprint density at radius 1 is 1.21 bits per heavy atom. The highest BCUT2D eigenvalue weighted by atomic mass is 15.1. The maximum Gasteiger partial charge on any atom is 0.0212 e. The predicted octanol–water partition coefficient (Wildman–Crippen LogP) is 2.49. The molecule has 0 aromatic rings. The Morgan fingerprint density at radius 3 is 2.29 bits per heavy atom. The average Bonchev–Trinajstić information content (AvgIpc) is 2.15. The molecule has 0 aliphatic heterocycles. The summed E-state index contributed by atoms with van der Waals surface area (Å²) in [4.78, 5) is 2.31. The molecule has 2 unspecified atom stereocenters. The summed E-state index contributed by atoms with van der Waals surface area (Å²) in [5.74, 6) is 0. The summed E-state index contributed by atoms with van der Waals surface area (Å²) in [6, 6.07) is 1.35. The monoisotopic (exact) mass is 200 g/mol. The van der Waals surface area contributed by atoms with Crippen molar-refractivity contribution in [2.45, 2.75) is 58.5 Å². The second kappa shape index (κ2) is 8.25. The van der Waals surface area contributed by atoms with Gasteiger partial charge in [-0.1, -0.05) is 26.7 Å². The fourth-order valence-electron chi connectivity index (χ4n) is 1.64. The molecule has 0 amide bonds. The lowest BCUT2D eigenvalue weighted by molar-refractivity contribution is 0.267. The van der Waals surface area contributed by atoms with Gasteiger partial charge in [0.15, 0.2) is 0 Å². The van der Waals surface area contributed by atoms with Crippen LogP contribution in [0.4, 0.5) is 0 Å². The quantitative estimate of drug-likeness (QED) is 0.647. The Morgan fingerprint density at radius 2 is 1.86 bits per heavy atom. The molecule has 0 rings (SSSR count). The molecule has 0 aromatic heterocycles. The van der Waals surface area contributed by atoms with E-state index in [9.17, 15) is 0 Å². The second-order valence-corrected chi connectivity index (χ2v) is 4.48. The molecule has 0 fully saturated rings. The zero-order valence-corrected chi connectivity index (χ0v) is 10.6. The van der Waals surface area contributed by atoms with Crippen molar-refractivity contribution in [3.05, 3.63) is 0 Å². The number of unbranched alkanes of at least 4 members (excludes halogenated alkanes) is 1. The van der Waals surface area contributed by atoms with E-state index in [4.69, 9.17) is 0 Å². The van der Waals surface area contributed by atoms with Crippen LogP contribution >= 0.6 is 0 Å². The summed E-state index contributed by atoms with van der Waals surface area (Å²) < 4.78 is 0. The van der Waals surface area contributed by atoms with Crippen molar-refractivity contribution < 1.29 is 0 Å². The minimum absolute atomic E-state index is 0.670. The first kappa shape index (κ1) is 13.9. The van der Waals surface area contributed by atoms with Crippen molar-refractivity contribution >= 4 is 0 Å². The zero-order chi connectivity index (χ0) is 11.0. The van der Waals surface area contributed by atoms with Gasteiger partial charge in [-0.3, -0.25) is 0 Å². The molecule has 0 heterocycles. The van der Waals surface area contributed by atoms with Crippen molar-refractivity contribution in [1.82, 2.24) is 10.2 Å². The van der Waals surface area contributed by atoms with Gasteiger partial charge in [0.2, 0.25) is 0 Å². The van der Waals surface area contributed by atoms with Gasteiger partial charge >= 0.3 is 0 Å². The summed E-state index contributed by atoms with van der Waals surface area (Å²) in [6.45, 7) is 7.91. The van der Waals surface area contributed by atoms with Gasteiger partial charge in [-0.25, -0.2) is 0 Å². The van der Waals surface area contributed by atoms with Crippen LogP contribution in [0.3, 0.4) is 0 Å². The number of rotatable bonds is 8. The van der Waals surface area contributed by atoms with E-state index in [1.807, 2.05) is 0 Å². The second-order valence-electron chi connectivity index (χ2n) is 4.48. The number of hydrogen-bond acceptors (Lipinski definition) is 2. The molecule has 0 saturated carbocycles. The van der Waals surface area contributed by atoms with Gasteiger partial charge in [0.25, 0.3) is 0 Å². The minimum atomic E-state index is 0.670. The fourth-order valence-corrected chi connectivity index (χ4v) is 1.64. The van der Waals surface area contributed by atoms with Gasteiger partial charge in [0, 0.05) is 18.6 Å². The highest BCUT2D eigenvalue weighted by Crippen LogP contribution is 2.02. The first-order valence-corrected chi connectivity index (χ1v) is 6.01. The number of nitrogens with one attached hydrogen (secondary N) is 1. The SMILES string of the molecule is CCCCC(C)NCC(CC)N(C)C. The molecule has 0 aliphatic rings. The highest BCUT2D eigenvalue weighted by molar-refractivity contribution is 4.70. The van der Waals surface area contributed by atoms with E-state index in [1.165, 1.54) is 25.7 Å². The molecular formula is C12H28N2. The first-order chi connectivity index (χ1) is 6.61. The Bertz CT molecular complexity index is 123. The van der Waals surface area contributed by atoms with Crippen molar-refractivity contribution in [3.8, 4) is 0 Å². The topological polar surface area (TPSA) is 15.3 Å². The third-order valence-corrected chi connectivity index (χ3v) is 2.89. The molecule has 2 atom stereocenters.